The fourth-order valence-electron chi connectivity index (χ4n) is 1.53. The Balaban J connectivity index is 2.91. The predicted molar refractivity (Wildman–Crippen MR) is 68.9 cm³/mol. The van der Waals surface area contributed by atoms with Crippen molar-refractivity contribution in [2.75, 3.05) is 12.8 Å². The first-order valence-corrected chi connectivity index (χ1v) is 7.41. The largest absolute Gasteiger partial charge is 0.481 e. The van der Waals surface area contributed by atoms with Gasteiger partial charge in [-0.25, -0.2) is 8.42 Å². The maximum absolute atomic E-state index is 11.7. The van der Waals surface area contributed by atoms with Crippen molar-refractivity contribution in [3.63, 3.8) is 0 Å². The highest BCUT2D eigenvalue weighted by molar-refractivity contribution is 7.90. The van der Waals surface area contributed by atoms with E-state index in [1.165, 1.54) is 12.1 Å². The average Bonchev–Trinajstić information content (AvgIpc) is 2.27. The average molecular weight is 285 g/mol. The quantitative estimate of drug-likeness (QED) is 0.825. The summed E-state index contributed by atoms with van der Waals surface area (Å²) >= 11 is 0. The second-order valence-electron chi connectivity index (χ2n) is 4.15. The van der Waals surface area contributed by atoms with Crippen LogP contribution in [0.1, 0.15) is 22.3 Å². The molecule has 7 heteroatoms. The summed E-state index contributed by atoms with van der Waals surface area (Å²) in [7, 11) is -3.40. The van der Waals surface area contributed by atoms with E-state index < -0.39 is 21.7 Å². The zero-order valence-corrected chi connectivity index (χ0v) is 11.5. The third-order valence-corrected chi connectivity index (χ3v) is 3.71. The number of nitrogens with one attached hydrogen (secondary N) is 1. The summed E-state index contributed by atoms with van der Waals surface area (Å²) in [6.45, 7) is 1.64. The fourth-order valence-corrected chi connectivity index (χ4v) is 2.52. The lowest BCUT2D eigenvalue weighted by Crippen LogP contribution is -2.26. The van der Waals surface area contributed by atoms with Crippen LogP contribution in [-0.4, -0.2) is 38.2 Å². The number of carboxylic acid groups (broad SMARTS) is 1. The molecule has 0 aromatic heterocycles. The van der Waals surface area contributed by atoms with Crippen LogP contribution in [0.4, 0.5) is 0 Å². The van der Waals surface area contributed by atoms with E-state index in [4.69, 9.17) is 5.11 Å². The van der Waals surface area contributed by atoms with E-state index in [0.717, 1.165) is 6.26 Å². The van der Waals surface area contributed by atoms with Crippen LogP contribution in [0.5, 0.6) is 0 Å². The molecule has 104 valence electrons. The zero-order chi connectivity index (χ0) is 14.6. The number of carboxylic acids is 1. The van der Waals surface area contributed by atoms with E-state index in [2.05, 4.69) is 5.32 Å². The topological polar surface area (TPSA) is 101 Å². The fraction of sp³-hybridized carbons (Fsp3) is 0.333. The molecule has 0 atom stereocenters. The molecular weight excluding hydrogens is 270 g/mol. The number of aliphatic carboxylic acids is 1. The Morgan fingerprint density at radius 2 is 1.95 bits per heavy atom. The minimum Gasteiger partial charge on any atom is -0.481 e. The second-order valence-corrected chi connectivity index (χ2v) is 6.14. The molecule has 1 aromatic rings. The molecule has 0 aliphatic carbocycles. The van der Waals surface area contributed by atoms with Crippen LogP contribution in [0.15, 0.2) is 23.1 Å². The van der Waals surface area contributed by atoms with Gasteiger partial charge < -0.3 is 10.4 Å². The van der Waals surface area contributed by atoms with Gasteiger partial charge in [0.15, 0.2) is 9.84 Å². The van der Waals surface area contributed by atoms with Gasteiger partial charge in [0.1, 0.15) is 0 Å². The van der Waals surface area contributed by atoms with E-state index in [1.807, 2.05) is 0 Å². The second kappa shape index (κ2) is 5.83. The third-order valence-electron chi connectivity index (χ3n) is 2.47. The lowest BCUT2D eigenvalue weighted by molar-refractivity contribution is -0.136. The summed E-state index contributed by atoms with van der Waals surface area (Å²) in [4.78, 5) is 22.1. The van der Waals surface area contributed by atoms with Crippen LogP contribution in [0.3, 0.4) is 0 Å². The van der Waals surface area contributed by atoms with Gasteiger partial charge in [-0.15, -0.1) is 0 Å². The van der Waals surface area contributed by atoms with Gasteiger partial charge in [-0.3, -0.25) is 9.59 Å². The molecule has 0 bridgehead atoms. The lowest BCUT2D eigenvalue weighted by atomic mass is 10.1. The van der Waals surface area contributed by atoms with Crippen molar-refractivity contribution in [2.45, 2.75) is 18.2 Å². The Bertz CT molecular complexity index is 607. The molecule has 6 nitrogen and oxygen atoms in total. The maximum Gasteiger partial charge on any atom is 0.305 e. The Kier molecular flexibility index (Phi) is 4.66. The Labute approximate surface area is 111 Å². The van der Waals surface area contributed by atoms with Crippen molar-refractivity contribution in [1.82, 2.24) is 5.32 Å². The van der Waals surface area contributed by atoms with Crippen LogP contribution in [0, 0.1) is 6.92 Å². The van der Waals surface area contributed by atoms with Crippen molar-refractivity contribution in [3.8, 4) is 0 Å². The number of benzene rings is 1. The minimum absolute atomic E-state index is 0.00372. The van der Waals surface area contributed by atoms with Gasteiger partial charge in [0, 0.05) is 18.4 Å². The molecule has 19 heavy (non-hydrogen) atoms. The summed E-state index contributed by atoms with van der Waals surface area (Å²) < 4.78 is 23.0. The SMILES string of the molecule is Cc1ccc(C(=O)NCCC(=O)O)cc1S(C)(=O)=O. The highest BCUT2D eigenvalue weighted by Gasteiger charge is 2.14. The van der Waals surface area contributed by atoms with E-state index in [9.17, 15) is 18.0 Å². The molecular formula is C12H15NO5S. The molecule has 1 aromatic carbocycles. The number of aryl methyl sites for hydroxylation is 1. The number of rotatable bonds is 5. The zero-order valence-electron chi connectivity index (χ0n) is 10.6. The highest BCUT2D eigenvalue weighted by atomic mass is 32.2. The number of sulfone groups is 1. The van der Waals surface area contributed by atoms with E-state index in [-0.39, 0.29) is 23.4 Å². The molecule has 0 aliphatic heterocycles. The van der Waals surface area contributed by atoms with Gasteiger partial charge in [-0.2, -0.15) is 0 Å². The molecule has 0 heterocycles. The van der Waals surface area contributed by atoms with Crippen LogP contribution < -0.4 is 5.32 Å². The van der Waals surface area contributed by atoms with Crippen LogP contribution in [0.2, 0.25) is 0 Å². The first kappa shape index (κ1) is 15.2. The maximum atomic E-state index is 11.7. The number of hydrogen-bond donors (Lipinski definition) is 2. The summed E-state index contributed by atoms with van der Waals surface area (Å²) in [5, 5.41) is 10.9. The number of carbonyl (C=O) groups excluding carboxylic acids is 1. The first-order valence-electron chi connectivity index (χ1n) is 5.52. The summed E-state index contributed by atoms with van der Waals surface area (Å²) in [5.74, 6) is -1.51. The molecule has 0 radical (unpaired) electrons. The smallest absolute Gasteiger partial charge is 0.305 e. The standard InChI is InChI=1S/C12H15NO5S/c1-8-3-4-9(7-10(8)19(2,17)18)12(16)13-6-5-11(14)15/h3-4,7H,5-6H2,1-2H3,(H,13,16)(H,14,15). The normalized spacial score (nSPS) is 11.1. The summed E-state index contributed by atoms with van der Waals surface area (Å²) in [5.41, 5.74) is 0.751. The monoisotopic (exact) mass is 285 g/mol. The van der Waals surface area contributed by atoms with E-state index in [0.29, 0.717) is 5.56 Å². The minimum atomic E-state index is -3.40. The Hall–Kier alpha value is -1.89. The highest BCUT2D eigenvalue weighted by Crippen LogP contribution is 2.16. The molecule has 0 unspecified atom stereocenters. The number of carbonyl (C=O) groups is 2. The number of amides is 1. The summed E-state index contributed by atoms with van der Waals surface area (Å²) in [6.07, 6.45) is 0.887. The van der Waals surface area contributed by atoms with Gasteiger partial charge >= 0.3 is 5.97 Å². The third kappa shape index (κ3) is 4.36. The van der Waals surface area contributed by atoms with Crippen molar-refractivity contribution < 1.29 is 23.1 Å². The molecule has 1 rings (SSSR count). The molecule has 2 N–H and O–H groups in total. The van der Waals surface area contributed by atoms with Crippen molar-refractivity contribution >= 4 is 21.7 Å². The Morgan fingerprint density at radius 3 is 2.47 bits per heavy atom. The Morgan fingerprint density at radius 1 is 1.32 bits per heavy atom. The van der Waals surface area contributed by atoms with Gasteiger partial charge in [0.25, 0.3) is 5.91 Å². The van der Waals surface area contributed by atoms with Crippen molar-refractivity contribution in [1.29, 1.82) is 0 Å². The predicted octanol–water partition coefficient (Wildman–Crippen LogP) is 0.603. The van der Waals surface area contributed by atoms with Crippen molar-refractivity contribution in [3.05, 3.63) is 29.3 Å². The van der Waals surface area contributed by atoms with Gasteiger partial charge in [0.05, 0.1) is 11.3 Å². The molecule has 0 saturated heterocycles. The molecule has 0 aliphatic rings. The molecule has 0 fully saturated rings. The van der Waals surface area contributed by atoms with Crippen LogP contribution in [-0.2, 0) is 14.6 Å². The van der Waals surface area contributed by atoms with E-state index >= 15 is 0 Å². The molecule has 1 amide bonds. The van der Waals surface area contributed by atoms with Gasteiger partial charge in [-0.05, 0) is 24.6 Å². The van der Waals surface area contributed by atoms with Gasteiger partial charge in [-0.1, -0.05) is 6.07 Å². The van der Waals surface area contributed by atoms with Crippen LogP contribution >= 0.6 is 0 Å². The molecule has 0 saturated carbocycles. The van der Waals surface area contributed by atoms with Gasteiger partial charge in [0.2, 0.25) is 0 Å². The number of hydrogen-bond acceptors (Lipinski definition) is 4. The lowest BCUT2D eigenvalue weighted by Gasteiger charge is -2.07. The first-order chi connectivity index (χ1) is 8.71. The van der Waals surface area contributed by atoms with Crippen LogP contribution in [0.25, 0.3) is 0 Å². The van der Waals surface area contributed by atoms with E-state index in [1.54, 1.807) is 13.0 Å². The summed E-state index contributed by atoms with van der Waals surface area (Å²) in [6, 6.07) is 4.34. The van der Waals surface area contributed by atoms with Crippen molar-refractivity contribution in [2.24, 2.45) is 0 Å². The molecule has 0 spiro atoms.